The van der Waals surface area contributed by atoms with Crippen LogP contribution in [0.15, 0.2) is 42.5 Å². The number of carbonyl (C=O) groups excluding carboxylic acids is 1. The molecule has 2 saturated carbocycles. The standard InChI is InChI=1S/C35H37FN6O4/c1-40-32-26(11-21(13-30(32)46-3)35(44)42-16-20-7-9-27(42)31(20)37)39-34(40)28-12-19-6-8-25(38-33(19)41(28)15-18-4-5-18)23-14-29(45-2)22(17-43)10-24(23)36/h6,8,10-14,18,20,27,31,43H,4-5,7,9,15-17,37H2,1-3H3/t20?,27?,31-/m1/s1. The number of hydrogen-bond acceptors (Lipinski definition) is 7. The lowest BCUT2D eigenvalue weighted by molar-refractivity contribution is 0.0700. The van der Waals surface area contributed by atoms with Crippen molar-refractivity contribution >= 4 is 28.0 Å². The predicted molar refractivity (Wildman–Crippen MR) is 172 cm³/mol. The normalized spacial score (nSPS) is 20.7. The van der Waals surface area contributed by atoms with E-state index in [9.17, 15) is 9.90 Å². The van der Waals surface area contributed by atoms with Gasteiger partial charge in [0.1, 0.15) is 28.5 Å². The zero-order valence-electron chi connectivity index (χ0n) is 26.2. The number of piperidine rings is 1. The Morgan fingerprint density at radius 3 is 2.52 bits per heavy atom. The van der Waals surface area contributed by atoms with Gasteiger partial charge in [0.15, 0.2) is 5.82 Å². The number of fused-ring (bicyclic) bond motifs is 4. The number of nitrogens with two attached hydrogens (primary N) is 1. The molecule has 3 aromatic heterocycles. The van der Waals surface area contributed by atoms with E-state index >= 15 is 4.39 Å². The maximum absolute atomic E-state index is 15.3. The van der Waals surface area contributed by atoms with Crippen molar-refractivity contribution in [3.63, 3.8) is 0 Å². The molecule has 4 heterocycles. The molecule has 3 N–H and O–H groups in total. The van der Waals surface area contributed by atoms with Gasteiger partial charge in [0.25, 0.3) is 5.91 Å². The minimum Gasteiger partial charge on any atom is -0.496 e. The Morgan fingerprint density at radius 1 is 1.04 bits per heavy atom. The minimum absolute atomic E-state index is 0.0366. The smallest absolute Gasteiger partial charge is 0.254 e. The van der Waals surface area contributed by atoms with E-state index < -0.39 is 5.82 Å². The van der Waals surface area contributed by atoms with Crippen LogP contribution in [0.3, 0.4) is 0 Å². The van der Waals surface area contributed by atoms with Crippen LogP contribution in [0.4, 0.5) is 4.39 Å². The summed E-state index contributed by atoms with van der Waals surface area (Å²) in [5.74, 6) is 2.08. The van der Waals surface area contributed by atoms with Crippen LogP contribution in [0.5, 0.6) is 11.5 Å². The Morgan fingerprint density at radius 2 is 1.85 bits per heavy atom. The maximum atomic E-state index is 15.3. The fourth-order valence-corrected chi connectivity index (χ4v) is 7.58. The van der Waals surface area contributed by atoms with Gasteiger partial charge >= 0.3 is 0 Å². The summed E-state index contributed by atoms with van der Waals surface area (Å²) in [5.41, 5.74) is 11.2. The highest BCUT2D eigenvalue weighted by molar-refractivity contribution is 6.00. The fraction of sp³-hybridized carbons (Fsp3) is 0.400. The van der Waals surface area contributed by atoms with Crippen LogP contribution in [0.1, 0.15) is 41.6 Å². The first kappa shape index (κ1) is 29.0. The van der Waals surface area contributed by atoms with Crippen LogP contribution >= 0.6 is 0 Å². The van der Waals surface area contributed by atoms with Crippen molar-refractivity contribution in [2.24, 2.45) is 24.6 Å². The zero-order valence-corrected chi connectivity index (χ0v) is 26.2. The molecule has 1 saturated heterocycles. The number of nitrogens with zero attached hydrogens (tertiary/aromatic N) is 5. The molecular weight excluding hydrogens is 587 g/mol. The Kier molecular flexibility index (Phi) is 6.80. The Balaban J connectivity index is 1.24. The van der Waals surface area contributed by atoms with Gasteiger partial charge in [0, 0.05) is 54.3 Å². The quantitative estimate of drug-likeness (QED) is 0.253. The highest BCUT2D eigenvalue weighted by Crippen LogP contribution is 2.41. The molecule has 11 heteroatoms. The van der Waals surface area contributed by atoms with E-state index in [1.807, 2.05) is 34.7 Å². The molecule has 2 aromatic carbocycles. The largest absolute Gasteiger partial charge is 0.496 e. The number of ether oxygens (including phenoxy) is 2. The lowest BCUT2D eigenvalue weighted by Crippen LogP contribution is -2.41. The monoisotopic (exact) mass is 624 g/mol. The van der Waals surface area contributed by atoms with Crippen LogP contribution < -0.4 is 15.2 Å². The van der Waals surface area contributed by atoms with Crippen molar-refractivity contribution in [3.05, 3.63) is 59.4 Å². The topological polar surface area (TPSA) is 121 Å². The van der Waals surface area contributed by atoms with Gasteiger partial charge in [0.05, 0.1) is 37.7 Å². The number of aryl methyl sites for hydroxylation is 1. The summed E-state index contributed by atoms with van der Waals surface area (Å²) < 4.78 is 30.7. The van der Waals surface area contributed by atoms with Gasteiger partial charge in [-0.25, -0.2) is 14.4 Å². The van der Waals surface area contributed by atoms with E-state index in [4.69, 9.17) is 25.2 Å². The van der Waals surface area contributed by atoms with Crippen molar-refractivity contribution < 1.29 is 23.8 Å². The number of likely N-dealkylation sites (tertiary alicyclic amines) is 1. The molecule has 3 aliphatic rings. The Labute approximate surface area is 265 Å². The molecule has 2 bridgehead atoms. The number of aliphatic hydroxyl groups excluding tert-OH is 1. The van der Waals surface area contributed by atoms with E-state index in [0.717, 1.165) is 60.3 Å². The van der Waals surface area contributed by atoms with Crippen molar-refractivity contribution in [1.82, 2.24) is 24.0 Å². The van der Waals surface area contributed by atoms with Crippen LogP contribution in [-0.2, 0) is 20.2 Å². The van der Waals surface area contributed by atoms with Gasteiger partial charge in [-0.15, -0.1) is 0 Å². The first-order valence-electron chi connectivity index (χ1n) is 15.9. The van der Waals surface area contributed by atoms with Crippen molar-refractivity contribution in [3.8, 4) is 34.3 Å². The second-order valence-corrected chi connectivity index (χ2v) is 13.0. The van der Waals surface area contributed by atoms with E-state index in [0.29, 0.717) is 57.8 Å². The second-order valence-electron chi connectivity index (χ2n) is 13.0. The Hall–Kier alpha value is -4.48. The lowest BCUT2D eigenvalue weighted by Gasteiger charge is -2.27. The van der Waals surface area contributed by atoms with Gasteiger partial charge in [-0.05, 0) is 80.0 Å². The molecule has 1 aliphatic heterocycles. The van der Waals surface area contributed by atoms with Gasteiger partial charge in [-0.1, -0.05) is 0 Å². The van der Waals surface area contributed by atoms with Gasteiger partial charge in [0.2, 0.25) is 0 Å². The maximum Gasteiger partial charge on any atom is 0.254 e. The number of rotatable bonds is 8. The number of pyridine rings is 1. The zero-order chi connectivity index (χ0) is 31.9. The molecule has 46 heavy (non-hydrogen) atoms. The summed E-state index contributed by atoms with van der Waals surface area (Å²) >= 11 is 0. The molecule has 3 fully saturated rings. The summed E-state index contributed by atoms with van der Waals surface area (Å²) in [6.45, 7) is 1.12. The molecule has 1 amide bonds. The first-order valence-corrected chi connectivity index (χ1v) is 15.9. The fourth-order valence-electron chi connectivity index (χ4n) is 7.58. The van der Waals surface area contributed by atoms with Crippen LogP contribution in [0.2, 0.25) is 0 Å². The molecule has 0 radical (unpaired) electrons. The highest BCUT2D eigenvalue weighted by Gasteiger charge is 2.47. The number of imidazole rings is 1. The molecule has 238 valence electrons. The predicted octanol–water partition coefficient (Wildman–Crippen LogP) is 4.88. The molecule has 10 nitrogen and oxygen atoms in total. The second kappa shape index (κ2) is 10.8. The van der Waals surface area contributed by atoms with Crippen LogP contribution in [0, 0.1) is 17.7 Å². The summed E-state index contributed by atoms with van der Waals surface area (Å²) in [4.78, 5) is 25.7. The summed E-state index contributed by atoms with van der Waals surface area (Å²) in [5, 5.41) is 10.6. The summed E-state index contributed by atoms with van der Waals surface area (Å²) in [6, 6.07) is 12.5. The third-order valence-electron chi connectivity index (χ3n) is 10.2. The number of methoxy groups -OCH3 is 2. The van der Waals surface area contributed by atoms with Crippen molar-refractivity contribution in [1.29, 1.82) is 0 Å². The van der Waals surface area contributed by atoms with Gasteiger partial charge in [-0.2, -0.15) is 0 Å². The van der Waals surface area contributed by atoms with Crippen molar-refractivity contribution in [2.75, 3.05) is 20.8 Å². The molecule has 8 rings (SSSR count). The van der Waals surface area contributed by atoms with E-state index in [1.165, 1.54) is 13.2 Å². The van der Waals surface area contributed by atoms with Crippen LogP contribution in [-0.4, -0.2) is 67.9 Å². The Bertz CT molecular complexity index is 2030. The molecular formula is C35H37FN6O4. The number of halogens is 1. The number of amides is 1. The van der Waals surface area contributed by atoms with Crippen molar-refractivity contribution in [2.45, 2.75) is 50.9 Å². The highest BCUT2D eigenvalue weighted by atomic mass is 19.1. The first-order chi connectivity index (χ1) is 22.3. The van der Waals surface area contributed by atoms with E-state index in [-0.39, 0.29) is 24.6 Å². The molecule has 5 aromatic rings. The van der Waals surface area contributed by atoms with Gasteiger partial charge < -0.3 is 34.3 Å². The summed E-state index contributed by atoms with van der Waals surface area (Å²) in [6.07, 6.45) is 4.29. The number of carbonyl (C=O) groups is 1. The average molecular weight is 625 g/mol. The molecule has 0 spiro atoms. The minimum atomic E-state index is -0.478. The number of aliphatic hydroxyl groups is 1. The molecule has 2 unspecified atom stereocenters. The SMILES string of the molecule is COc1cc(-c2ccc3cc(-c4nc5cc(C(=O)N6CC7CCC6[C@@H]7N)cc(OC)c5n4C)n(CC4CC4)c3n2)c(F)cc1CO. The van der Waals surface area contributed by atoms with Crippen LogP contribution in [0.25, 0.3) is 44.8 Å². The number of aromatic nitrogens is 4. The van der Waals surface area contributed by atoms with Gasteiger partial charge in [-0.3, -0.25) is 4.79 Å². The molecule has 3 atom stereocenters. The average Bonchev–Trinajstić information content (AvgIpc) is 3.47. The molecule has 2 aliphatic carbocycles. The van der Waals surface area contributed by atoms with E-state index in [2.05, 4.69) is 10.6 Å². The van der Waals surface area contributed by atoms with E-state index in [1.54, 1.807) is 19.2 Å². The number of benzene rings is 2. The third-order valence-corrected chi connectivity index (χ3v) is 10.2. The summed E-state index contributed by atoms with van der Waals surface area (Å²) in [7, 11) is 5.06. The number of hydrogen-bond donors (Lipinski definition) is 2. The third kappa shape index (κ3) is 4.47. The lowest BCUT2D eigenvalue weighted by atomic mass is 10.1.